The number of hydrogen-bond donors (Lipinski definition) is 0. The van der Waals surface area contributed by atoms with Gasteiger partial charge in [0.25, 0.3) is 0 Å². The fraction of sp³-hybridized carbons (Fsp3) is 0.462. The SMILES string of the molecule is O=C(CC1CCCCO1)c1ccccc1F. The number of ketones is 1. The van der Waals surface area contributed by atoms with E-state index in [0.717, 1.165) is 25.9 Å². The van der Waals surface area contributed by atoms with E-state index in [9.17, 15) is 9.18 Å². The van der Waals surface area contributed by atoms with E-state index in [1.54, 1.807) is 12.1 Å². The number of carbonyl (C=O) groups excluding carboxylic acids is 1. The van der Waals surface area contributed by atoms with Crippen LogP contribution in [0.1, 0.15) is 36.0 Å². The van der Waals surface area contributed by atoms with Gasteiger partial charge in [0.2, 0.25) is 0 Å². The molecule has 2 nitrogen and oxygen atoms in total. The Morgan fingerprint density at radius 3 is 2.88 bits per heavy atom. The smallest absolute Gasteiger partial charge is 0.168 e. The van der Waals surface area contributed by atoms with Gasteiger partial charge in [-0.3, -0.25) is 4.79 Å². The largest absolute Gasteiger partial charge is 0.378 e. The van der Waals surface area contributed by atoms with E-state index >= 15 is 0 Å². The van der Waals surface area contributed by atoms with E-state index in [0.29, 0.717) is 6.42 Å². The fourth-order valence-electron chi connectivity index (χ4n) is 1.97. The molecular formula is C13H15FO2. The summed E-state index contributed by atoms with van der Waals surface area (Å²) in [5, 5.41) is 0. The van der Waals surface area contributed by atoms with Gasteiger partial charge in [-0.2, -0.15) is 0 Å². The van der Waals surface area contributed by atoms with Gasteiger partial charge in [0, 0.05) is 13.0 Å². The molecule has 0 aliphatic carbocycles. The summed E-state index contributed by atoms with van der Waals surface area (Å²) in [6, 6.07) is 6.11. The number of ether oxygens (including phenoxy) is 1. The molecule has 3 heteroatoms. The highest BCUT2D eigenvalue weighted by Gasteiger charge is 2.20. The number of carbonyl (C=O) groups is 1. The lowest BCUT2D eigenvalue weighted by Crippen LogP contribution is -2.22. The van der Waals surface area contributed by atoms with Crippen LogP contribution in [-0.2, 0) is 4.74 Å². The van der Waals surface area contributed by atoms with Crippen molar-refractivity contribution in [2.45, 2.75) is 31.8 Å². The van der Waals surface area contributed by atoms with Crippen molar-refractivity contribution in [3.63, 3.8) is 0 Å². The van der Waals surface area contributed by atoms with Gasteiger partial charge in [0.15, 0.2) is 5.78 Å². The maximum absolute atomic E-state index is 13.3. The average Bonchev–Trinajstić information content (AvgIpc) is 2.31. The first-order valence-electron chi connectivity index (χ1n) is 5.66. The number of benzene rings is 1. The minimum atomic E-state index is -0.441. The Hall–Kier alpha value is -1.22. The molecule has 0 saturated carbocycles. The third kappa shape index (κ3) is 2.67. The summed E-state index contributed by atoms with van der Waals surface area (Å²) in [6.45, 7) is 0.717. The van der Waals surface area contributed by atoms with Gasteiger partial charge in [0.05, 0.1) is 11.7 Å². The second-order valence-electron chi connectivity index (χ2n) is 4.10. The van der Waals surface area contributed by atoms with Crippen LogP contribution in [0.4, 0.5) is 4.39 Å². The molecule has 0 aromatic heterocycles. The molecule has 0 bridgehead atoms. The molecular weight excluding hydrogens is 207 g/mol. The third-order valence-electron chi connectivity index (χ3n) is 2.86. The van der Waals surface area contributed by atoms with Crippen molar-refractivity contribution in [1.29, 1.82) is 0 Å². The molecule has 1 unspecified atom stereocenters. The molecule has 1 saturated heterocycles. The Labute approximate surface area is 94.4 Å². The molecule has 1 aliphatic rings. The minimum Gasteiger partial charge on any atom is -0.378 e. The maximum Gasteiger partial charge on any atom is 0.168 e. The first-order chi connectivity index (χ1) is 7.77. The average molecular weight is 222 g/mol. The van der Waals surface area contributed by atoms with Gasteiger partial charge >= 0.3 is 0 Å². The normalized spacial score (nSPS) is 20.7. The van der Waals surface area contributed by atoms with Gasteiger partial charge in [-0.25, -0.2) is 4.39 Å². The molecule has 86 valence electrons. The molecule has 1 fully saturated rings. The second-order valence-corrected chi connectivity index (χ2v) is 4.10. The molecule has 1 aromatic carbocycles. The van der Waals surface area contributed by atoms with E-state index in [-0.39, 0.29) is 17.5 Å². The first kappa shape index (κ1) is 11.3. The standard InChI is InChI=1S/C13H15FO2/c14-12-7-2-1-6-11(12)13(15)9-10-5-3-4-8-16-10/h1-2,6-7,10H,3-5,8-9H2. The molecule has 1 aromatic rings. The lowest BCUT2D eigenvalue weighted by atomic mass is 10.00. The zero-order chi connectivity index (χ0) is 11.4. The van der Waals surface area contributed by atoms with Crippen molar-refractivity contribution in [3.8, 4) is 0 Å². The van der Waals surface area contributed by atoms with Crippen molar-refractivity contribution < 1.29 is 13.9 Å². The van der Waals surface area contributed by atoms with Crippen LogP contribution in [0, 0.1) is 5.82 Å². The van der Waals surface area contributed by atoms with E-state index in [1.807, 2.05) is 0 Å². The maximum atomic E-state index is 13.3. The van der Waals surface area contributed by atoms with Crippen LogP contribution in [0.15, 0.2) is 24.3 Å². The monoisotopic (exact) mass is 222 g/mol. The van der Waals surface area contributed by atoms with Crippen LogP contribution >= 0.6 is 0 Å². The summed E-state index contributed by atoms with van der Waals surface area (Å²) >= 11 is 0. The molecule has 1 aliphatic heterocycles. The number of Topliss-reactive ketones (excluding diaryl/α,β-unsaturated/α-hetero) is 1. The van der Waals surface area contributed by atoms with Gasteiger partial charge in [-0.1, -0.05) is 12.1 Å². The van der Waals surface area contributed by atoms with E-state index in [2.05, 4.69) is 0 Å². The number of hydrogen-bond acceptors (Lipinski definition) is 2. The summed E-state index contributed by atoms with van der Waals surface area (Å²) in [5.74, 6) is -0.603. The summed E-state index contributed by atoms with van der Waals surface area (Å²) < 4.78 is 18.8. The van der Waals surface area contributed by atoms with Gasteiger partial charge in [-0.15, -0.1) is 0 Å². The number of halogens is 1. The Balaban J connectivity index is 2.00. The molecule has 0 spiro atoms. The van der Waals surface area contributed by atoms with Crippen molar-refractivity contribution >= 4 is 5.78 Å². The fourth-order valence-corrected chi connectivity index (χ4v) is 1.97. The zero-order valence-electron chi connectivity index (χ0n) is 9.12. The first-order valence-corrected chi connectivity index (χ1v) is 5.66. The summed E-state index contributed by atoms with van der Waals surface area (Å²) in [7, 11) is 0. The van der Waals surface area contributed by atoms with Gasteiger partial charge in [-0.05, 0) is 31.4 Å². The van der Waals surface area contributed by atoms with Crippen LogP contribution < -0.4 is 0 Å². The lowest BCUT2D eigenvalue weighted by molar-refractivity contribution is 0.0128. The molecule has 0 N–H and O–H groups in total. The van der Waals surface area contributed by atoms with Crippen LogP contribution in [0.25, 0.3) is 0 Å². The molecule has 2 rings (SSSR count). The van der Waals surface area contributed by atoms with Crippen molar-refractivity contribution in [1.82, 2.24) is 0 Å². The van der Waals surface area contributed by atoms with Crippen LogP contribution in [-0.4, -0.2) is 18.5 Å². The summed E-state index contributed by atoms with van der Waals surface area (Å²) in [5.41, 5.74) is 0.177. The van der Waals surface area contributed by atoms with Crippen molar-refractivity contribution in [2.24, 2.45) is 0 Å². The Kier molecular flexibility index (Phi) is 3.67. The van der Waals surface area contributed by atoms with E-state index < -0.39 is 5.82 Å². The predicted molar refractivity (Wildman–Crippen MR) is 58.9 cm³/mol. The van der Waals surface area contributed by atoms with Gasteiger partial charge in [0.1, 0.15) is 5.82 Å². The third-order valence-corrected chi connectivity index (χ3v) is 2.86. The van der Waals surface area contributed by atoms with E-state index in [1.165, 1.54) is 12.1 Å². The predicted octanol–water partition coefficient (Wildman–Crippen LogP) is 2.97. The topological polar surface area (TPSA) is 26.3 Å². The molecule has 16 heavy (non-hydrogen) atoms. The summed E-state index contributed by atoms with van der Waals surface area (Å²) in [4.78, 5) is 11.8. The molecule has 0 amide bonds. The highest BCUT2D eigenvalue weighted by molar-refractivity contribution is 5.96. The molecule has 0 radical (unpaired) electrons. The Morgan fingerprint density at radius 1 is 1.38 bits per heavy atom. The van der Waals surface area contributed by atoms with Crippen molar-refractivity contribution in [2.75, 3.05) is 6.61 Å². The second kappa shape index (κ2) is 5.21. The van der Waals surface area contributed by atoms with Crippen LogP contribution in [0.5, 0.6) is 0 Å². The molecule has 1 heterocycles. The van der Waals surface area contributed by atoms with E-state index in [4.69, 9.17) is 4.74 Å². The van der Waals surface area contributed by atoms with Crippen LogP contribution in [0.3, 0.4) is 0 Å². The summed E-state index contributed by atoms with van der Waals surface area (Å²) in [6.07, 6.45) is 3.32. The Morgan fingerprint density at radius 2 is 2.19 bits per heavy atom. The highest BCUT2D eigenvalue weighted by atomic mass is 19.1. The Bertz CT molecular complexity index is 370. The number of rotatable bonds is 3. The van der Waals surface area contributed by atoms with Crippen LogP contribution in [0.2, 0.25) is 0 Å². The minimum absolute atomic E-state index is 0.0270. The molecule has 1 atom stereocenters. The zero-order valence-corrected chi connectivity index (χ0v) is 9.12. The lowest BCUT2D eigenvalue weighted by Gasteiger charge is -2.21. The van der Waals surface area contributed by atoms with Crippen molar-refractivity contribution in [3.05, 3.63) is 35.6 Å². The highest BCUT2D eigenvalue weighted by Crippen LogP contribution is 2.18. The quantitative estimate of drug-likeness (QED) is 0.735. The van der Waals surface area contributed by atoms with Gasteiger partial charge < -0.3 is 4.74 Å².